The van der Waals surface area contributed by atoms with E-state index in [0.29, 0.717) is 19.7 Å². The van der Waals surface area contributed by atoms with Crippen molar-refractivity contribution in [1.82, 2.24) is 9.80 Å². The van der Waals surface area contributed by atoms with Crippen LogP contribution in [0.5, 0.6) is 5.75 Å². The first-order chi connectivity index (χ1) is 17.5. The highest BCUT2D eigenvalue weighted by atomic mass is 32.1. The Labute approximate surface area is 218 Å². The number of carbonyl (C=O) groups excluding carboxylic acids is 2. The molecular formula is C29H38N2O4S. The topological polar surface area (TPSA) is 59.1 Å². The van der Waals surface area contributed by atoms with Crippen molar-refractivity contribution in [2.45, 2.75) is 70.9 Å². The first-order valence-electron chi connectivity index (χ1n) is 13.5. The molecular weight excluding hydrogens is 472 g/mol. The van der Waals surface area contributed by atoms with E-state index in [1.54, 1.807) is 16.2 Å². The van der Waals surface area contributed by atoms with E-state index in [-0.39, 0.29) is 36.4 Å². The molecule has 194 valence electrons. The quantitative estimate of drug-likeness (QED) is 0.498. The molecule has 0 radical (unpaired) electrons. The smallest absolute Gasteiger partial charge is 0.242 e. The summed E-state index contributed by atoms with van der Waals surface area (Å²) in [7, 11) is 0. The molecule has 2 aliphatic heterocycles. The van der Waals surface area contributed by atoms with Crippen LogP contribution in [0.1, 0.15) is 66.1 Å². The van der Waals surface area contributed by atoms with E-state index in [9.17, 15) is 9.59 Å². The number of benzene rings is 1. The van der Waals surface area contributed by atoms with E-state index in [2.05, 4.69) is 37.4 Å². The minimum atomic E-state index is -0.153. The summed E-state index contributed by atoms with van der Waals surface area (Å²) >= 11 is 1.75. The lowest BCUT2D eigenvalue weighted by atomic mass is 10.00. The fourth-order valence-corrected chi connectivity index (χ4v) is 6.88. The molecule has 2 aromatic rings. The average molecular weight is 511 g/mol. The fraction of sp³-hybridized carbons (Fsp3) is 0.586. The van der Waals surface area contributed by atoms with Gasteiger partial charge in [-0.2, -0.15) is 0 Å². The van der Waals surface area contributed by atoms with Gasteiger partial charge in [-0.15, -0.1) is 11.3 Å². The van der Waals surface area contributed by atoms with E-state index >= 15 is 0 Å². The predicted molar refractivity (Wildman–Crippen MR) is 141 cm³/mol. The Morgan fingerprint density at radius 2 is 1.97 bits per heavy atom. The molecule has 0 N–H and O–H groups in total. The second kappa shape index (κ2) is 11.3. The van der Waals surface area contributed by atoms with Gasteiger partial charge in [0.15, 0.2) is 0 Å². The number of aryl methyl sites for hydroxylation is 2. The molecule has 2 amide bonds. The van der Waals surface area contributed by atoms with Gasteiger partial charge in [-0.1, -0.05) is 30.5 Å². The zero-order valence-corrected chi connectivity index (χ0v) is 22.4. The third kappa shape index (κ3) is 5.62. The first kappa shape index (κ1) is 25.3. The minimum Gasteiger partial charge on any atom is -0.491 e. The van der Waals surface area contributed by atoms with Crippen LogP contribution in [0.25, 0.3) is 0 Å². The number of amides is 2. The molecule has 3 aliphatic rings. The molecule has 1 aromatic heterocycles. The van der Waals surface area contributed by atoms with Gasteiger partial charge in [-0.3, -0.25) is 9.59 Å². The Morgan fingerprint density at radius 1 is 1.14 bits per heavy atom. The summed E-state index contributed by atoms with van der Waals surface area (Å²) in [5, 5.41) is 2.11. The highest BCUT2D eigenvalue weighted by Crippen LogP contribution is 2.35. The molecule has 36 heavy (non-hydrogen) atoms. The molecule has 5 rings (SSSR count). The Morgan fingerprint density at radius 3 is 2.72 bits per heavy atom. The first-order valence-corrected chi connectivity index (χ1v) is 14.3. The number of nitrogens with zero attached hydrogens (tertiary/aromatic N) is 2. The summed E-state index contributed by atoms with van der Waals surface area (Å²) in [6, 6.07) is 8.16. The van der Waals surface area contributed by atoms with Gasteiger partial charge < -0.3 is 19.3 Å². The zero-order chi connectivity index (χ0) is 25.1. The maximum atomic E-state index is 13.8. The number of ether oxygens (including phenoxy) is 2. The van der Waals surface area contributed by atoms with Crippen molar-refractivity contribution in [2.24, 2.45) is 5.92 Å². The molecule has 6 nitrogen and oxygen atoms in total. The molecule has 3 heterocycles. The summed E-state index contributed by atoms with van der Waals surface area (Å²) in [5.74, 6) is 1.04. The molecule has 0 unspecified atom stereocenters. The SMILES string of the molecule is Cc1ccc(OC[C@@H]2c3ccsc3CCN2C(=O)CN(C[C@H]2CCCO2)C(=O)C2CCCC2)c(C)c1. The lowest BCUT2D eigenvalue weighted by molar-refractivity contribution is -0.146. The lowest BCUT2D eigenvalue weighted by Gasteiger charge is -2.37. The van der Waals surface area contributed by atoms with Gasteiger partial charge in [0.25, 0.3) is 0 Å². The molecule has 1 aliphatic carbocycles. The Bertz CT molecular complexity index is 1070. The largest absolute Gasteiger partial charge is 0.491 e. The highest BCUT2D eigenvalue weighted by Gasteiger charge is 2.36. The van der Waals surface area contributed by atoms with Crippen molar-refractivity contribution in [3.05, 3.63) is 51.2 Å². The highest BCUT2D eigenvalue weighted by molar-refractivity contribution is 7.10. The second-order valence-electron chi connectivity index (χ2n) is 10.6. The Kier molecular flexibility index (Phi) is 7.96. The van der Waals surface area contributed by atoms with Crippen LogP contribution in [0, 0.1) is 19.8 Å². The zero-order valence-electron chi connectivity index (χ0n) is 21.5. The van der Waals surface area contributed by atoms with Crippen LogP contribution in [0.3, 0.4) is 0 Å². The van der Waals surface area contributed by atoms with E-state index in [1.807, 2.05) is 11.0 Å². The van der Waals surface area contributed by atoms with Gasteiger partial charge in [-0.25, -0.2) is 0 Å². The van der Waals surface area contributed by atoms with Crippen molar-refractivity contribution >= 4 is 23.2 Å². The Hall–Kier alpha value is -2.38. The van der Waals surface area contributed by atoms with Crippen LogP contribution >= 0.6 is 11.3 Å². The standard InChI is InChI=1S/C29H38N2O4S/c1-20-9-10-26(21(2)16-20)35-19-25-24-12-15-36-27(24)11-13-31(25)28(32)18-30(17-23-8-5-14-34-23)29(33)22-6-3-4-7-22/h9-10,12,15-16,22-23,25H,3-8,11,13-14,17-19H2,1-2H3/t23-,25-/m1/s1. The summed E-state index contributed by atoms with van der Waals surface area (Å²) in [6.07, 6.45) is 6.93. The summed E-state index contributed by atoms with van der Waals surface area (Å²) < 4.78 is 12.1. The number of fused-ring (bicyclic) bond motifs is 1. The number of thiophene rings is 1. The second-order valence-corrected chi connectivity index (χ2v) is 11.6. The van der Waals surface area contributed by atoms with Crippen molar-refractivity contribution in [3.8, 4) is 5.75 Å². The van der Waals surface area contributed by atoms with Crippen molar-refractivity contribution < 1.29 is 19.1 Å². The minimum absolute atomic E-state index is 0.00502. The molecule has 1 saturated heterocycles. The van der Waals surface area contributed by atoms with Gasteiger partial charge in [0, 0.05) is 30.5 Å². The van der Waals surface area contributed by atoms with Crippen LogP contribution in [-0.4, -0.2) is 60.6 Å². The monoisotopic (exact) mass is 510 g/mol. The normalized spacial score (nSPS) is 22.0. The van der Waals surface area contributed by atoms with E-state index in [4.69, 9.17) is 9.47 Å². The number of carbonyl (C=O) groups is 2. The van der Waals surface area contributed by atoms with Gasteiger partial charge in [0.05, 0.1) is 18.7 Å². The van der Waals surface area contributed by atoms with Crippen molar-refractivity contribution in [3.63, 3.8) is 0 Å². The van der Waals surface area contributed by atoms with Crippen LogP contribution in [-0.2, 0) is 20.7 Å². The van der Waals surface area contributed by atoms with Crippen LogP contribution in [0.2, 0.25) is 0 Å². The molecule has 2 atom stereocenters. The third-order valence-electron chi connectivity index (χ3n) is 7.93. The molecule has 1 saturated carbocycles. The lowest BCUT2D eigenvalue weighted by Crippen LogP contribution is -2.50. The molecule has 1 aromatic carbocycles. The molecule has 7 heteroatoms. The maximum absolute atomic E-state index is 13.8. The van der Waals surface area contributed by atoms with E-state index < -0.39 is 0 Å². The van der Waals surface area contributed by atoms with Gasteiger partial charge in [-0.05, 0) is 74.6 Å². The van der Waals surface area contributed by atoms with Crippen LogP contribution < -0.4 is 4.74 Å². The molecule has 0 spiro atoms. The number of hydrogen-bond donors (Lipinski definition) is 0. The third-order valence-corrected chi connectivity index (χ3v) is 8.93. The summed E-state index contributed by atoms with van der Waals surface area (Å²) in [5.41, 5.74) is 3.48. The van der Waals surface area contributed by atoms with E-state index in [0.717, 1.165) is 62.9 Å². The summed E-state index contributed by atoms with van der Waals surface area (Å²) in [6.45, 7) is 6.57. The molecule has 2 fully saturated rings. The number of rotatable bonds is 8. The van der Waals surface area contributed by atoms with Crippen LogP contribution in [0.15, 0.2) is 29.6 Å². The molecule has 0 bridgehead atoms. The van der Waals surface area contributed by atoms with Crippen molar-refractivity contribution in [2.75, 3.05) is 32.8 Å². The Balaban J connectivity index is 1.32. The maximum Gasteiger partial charge on any atom is 0.242 e. The van der Waals surface area contributed by atoms with Gasteiger partial charge in [0.2, 0.25) is 11.8 Å². The predicted octanol–water partition coefficient (Wildman–Crippen LogP) is 5.07. The van der Waals surface area contributed by atoms with Gasteiger partial charge >= 0.3 is 0 Å². The average Bonchev–Trinajstić information content (AvgIpc) is 3.65. The summed E-state index contributed by atoms with van der Waals surface area (Å²) in [4.78, 5) is 32.3. The van der Waals surface area contributed by atoms with Crippen LogP contribution in [0.4, 0.5) is 0 Å². The van der Waals surface area contributed by atoms with Crippen molar-refractivity contribution in [1.29, 1.82) is 0 Å². The fourth-order valence-electron chi connectivity index (χ4n) is 5.96. The van der Waals surface area contributed by atoms with Gasteiger partial charge in [0.1, 0.15) is 12.4 Å². The number of hydrogen-bond acceptors (Lipinski definition) is 5. The van der Waals surface area contributed by atoms with E-state index in [1.165, 1.54) is 16.0 Å².